The monoisotopic (exact) mass is 245 g/mol. The van der Waals surface area contributed by atoms with E-state index >= 15 is 0 Å². The summed E-state index contributed by atoms with van der Waals surface area (Å²) in [5, 5.41) is 0. The van der Waals surface area contributed by atoms with Crippen LogP contribution in [0.25, 0.3) is 0 Å². The van der Waals surface area contributed by atoms with Crippen LogP contribution in [0.1, 0.15) is 77.2 Å². The molecule has 0 spiro atoms. The van der Waals surface area contributed by atoms with Crippen LogP contribution in [0.5, 0.6) is 0 Å². The highest BCUT2D eigenvalue weighted by molar-refractivity contribution is 5.18. The SMILES string of the molecule is CCCCCCCC(c1[c]cccc1)C(C)CC. The van der Waals surface area contributed by atoms with Crippen molar-refractivity contribution in [3.05, 3.63) is 35.9 Å². The van der Waals surface area contributed by atoms with Gasteiger partial charge in [-0.1, -0.05) is 83.6 Å². The summed E-state index contributed by atoms with van der Waals surface area (Å²) in [6, 6.07) is 12.0. The van der Waals surface area contributed by atoms with Gasteiger partial charge in [0.15, 0.2) is 0 Å². The number of hydrogen-bond donors (Lipinski definition) is 0. The predicted octanol–water partition coefficient (Wildman–Crippen LogP) is 5.98. The Morgan fingerprint density at radius 2 is 1.83 bits per heavy atom. The van der Waals surface area contributed by atoms with Crippen molar-refractivity contribution in [3.63, 3.8) is 0 Å². The molecule has 0 saturated carbocycles. The van der Waals surface area contributed by atoms with Gasteiger partial charge in [0, 0.05) is 0 Å². The summed E-state index contributed by atoms with van der Waals surface area (Å²) >= 11 is 0. The molecule has 18 heavy (non-hydrogen) atoms. The van der Waals surface area contributed by atoms with E-state index in [1.807, 2.05) is 0 Å². The third-order valence-corrected chi connectivity index (χ3v) is 4.08. The molecule has 2 unspecified atom stereocenters. The van der Waals surface area contributed by atoms with E-state index in [-0.39, 0.29) is 0 Å². The third kappa shape index (κ3) is 5.25. The zero-order chi connectivity index (χ0) is 13.2. The highest BCUT2D eigenvalue weighted by Crippen LogP contribution is 2.31. The minimum atomic E-state index is 0.706. The number of rotatable bonds is 9. The molecular weight excluding hydrogens is 216 g/mol. The van der Waals surface area contributed by atoms with Crippen molar-refractivity contribution in [1.29, 1.82) is 0 Å². The molecule has 1 aromatic carbocycles. The van der Waals surface area contributed by atoms with Crippen LogP contribution in [0.15, 0.2) is 24.3 Å². The van der Waals surface area contributed by atoms with Crippen molar-refractivity contribution in [2.45, 2.75) is 71.6 Å². The average Bonchev–Trinajstić information content (AvgIpc) is 2.43. The van der Waals surface area contributed by atoms with Crippen LogP contribution in [0.3, 0.4) is 0 Å². The summed E-state index contributed by atoms with van der Waals surface area (Å²) in [5.41, 5.74) is 1.42. The maximum atomic E-state index is 3.44. The second kappa shape index (κ2) is 9.19. The standard InChI is InChI=1S/C18H29/c1-4-6-7-8-12-15-18(16(3)5-2)17-13-10-9-11-14-17/h9-11,13,16,18H,4-8,12,15H2,1-3H3. The summed E-state index contributed by atoms with van der Waals surface area (Å²) in [6.45, 7) is 6.97. The Kier molecular flexibility index (Phi) is 7.80. The van der Waals surface area contributed by atoms with E-state index in [2.05, 4.69) is 51.1 Å². The summed E-state index contributed by atoms with van der Waals surface area (Å²) in [5.74, 6) is 1.48. The Balaban J connectivity index is 2.47. The van der Waals surface area contributed by atoms with Crippen molar-refractivity contribution in [1.82, 2.24) is 0 Å². The second-order valence-electron chi connectivity index (χ2n) is 5.51. The number of hydrogen-bond acceptors (Lipinski definition) is 0. The van der Waals surface area contributed by atoms with E-state index in [1.165, 1.54) is 50.5 Å². The molecule has 101 valence electrons. The first-order valence-electron chi connectivity index (χ1n) is 7.76. The molecule has 0 saturated heterocycles. The van der Waals surface area contributed by atoms with E-state index in [0.29, 0.717) is 5.92 Å². The van der Waals surface area contributed by atoms with E-state index in [4.69, 9.17) is 0 Å². The molecular formula is C18H29. The molecule has 1 aromatic rings. The number of benzene rings is 1. The first kappa shape index (κ1) is 15.3. The highest BCUT2D eigenvalue weighted by Gasteiger charge is 2.17. The van der Waals surface area contributed by atoms with E-state index < -0.39 is 0 Å². The first-order chi connectivity index (χ1) is 8.79. The lowest BCUT2D eigenvalue weighted by molar-refractivity contribution is 0.405. The Labute approximate surface area is 114 Å². The molecule has 0 aliphatic heterocycles. The highest BCUT2D eigenvalue weighted by atomic mass is 14.2. The molecule has 1 rings (SSSR count). The Morgan fingerprint density at radius 3 is 2.44 bits per heavy atom. The van der Waals surface area contributed by atoms with Gasteiger partial charge in [-0.2, -0.15) is 0 Å². The maximum absolute atomic E-state index is 3.44. The normalized spacial score (nSPS) is 14.4. The van der Waals surface area contributed by atoms with Crippen LogP contribution in [0.4, 0.5) is 0 Å². The van der Waals surface area contributed by atoms with Gasteiger partial charge in [0.2, 0.25) is 0 Å². The molecule has 0 heteroatoms. The lowest BCUT2D eigenvalue weighted by Crippen LogP contribution is -2.09. The van der Waals surface area contributed by atoms with Crippen LogP contribution in [0.2, 0.25) is 0 Å². The van der Waals surface area contributed by atoms with Crippen molar-refractivity contribution in [2.24, 2.45) is 5.92 Å². The van der Waals surface area contributed by atoms with Crippen molar-refractivity contribution in [3.8, 4) is 0 Å². The quantitative estimate of drug-likeness (QED) is 0.470. The molecule has 0 amide bonds. The fourth-order valence-corrected chi connectivity index (χ4v) is 2.64. The largest absolute Gasteiger partial charge is 0.0654 e. The summed E-state index contributed by atoms with van der Waals surface area (Å²) < 4.78 is 0. The maximum Gasteiger partial charge on any atom is -0.0130 e. The first-order valence-corrected chi connectivity index (χ1v) is 7.76. The van der Waals surface area contributed by atoms with E-state index in [9.17, 15) is 0 Å². The van der Waals surface area contributed by atoms with Gasteiger partial charge < -0.3 is 0 Å². The van der Waals surface area contributed by atoms with Crippen LogP contribution < -0.4 is 0 Å². The van der Waals surface area contributed by atoms with Gasteiger partial charge in [-0.15, -0.1) is 0 Å². The third-order valence-electron chi connectivity index (χ3n) is 4.08. The zero-order valence-electron chi connectivity index (χ0n) is 12.4. The lowest BCUT2D eigenvalue weighted by atomic mass is 9.82. The Morgan fingerprint density at radius 1 is 1.06 bits per heavy atom. The van der Waals surface area contributed by atoms with Crippen molar-refractivity contribution >= 4 is 0 Å². The molecule has 0 aliphatic rings. The Bertz CT molecular complexity index is 288. The van der Waals surface area contributed by atoms with Gasteiger partial charge >= 0.3 is 0 Å². The predicted molar refractivity (Wildman–Crippen MR) is 80.9 cm³/mol. The minimum absolute atomic E-state index is 0.706. The lowest BCUT2D eigenvalue weighted by Gasteiger charge is -2.23. The van der Waals surface area contributed by atoms with Gasteiger partial charge in [0.05, 0.1) is 0 Å². The van der Waals surface area contributed by atoms with Crippen LogP contribution in [-0.4, -0.2) is 0 Å². The van der Waals surface area contributed by atoms with Gasteiger partial charge in [0.1, 0.15) is 0 Å². The van der Waals surface area contributed by atoms with Crippen molar-refractivity contribution in [2.75, 3.05) is 0 Å². The molecule has 2 atom stereocenters. The molecule has 0 aromatic heterocycles. The van der Waals surface area contributed by atoms with Gasteiger partial charge in [-0.3, -0.25) is 0 Å². The number of unbranched alkanes of at least 4 members (excludes halogenated alkanes) is 4. The molecule has 0 N–H and O–H groups in total. The van der Waals surface area contributed by atoms with E-state index in [1.54, 1.807) is 0 Å². The Hall–Kier alpha value is -0.780. The minimum Gasteiger partial charge on any atom is -0.0654 e. The second-order valence-corrected chi connectivity index (χ2v) is 5.51. The van der Waals surface area contributed by atoms with Crippen molar-refractivity contribution < 1.29 is 0 Å². The molecule has 0 nitrogen and oxygen atoms in total. The van der Waals surface area contributed by atoms with Crippen LogP contribution >= 0.6 is 0 Å². The molecule has 0 aliphatic carbocycles. The fraction of sp³-hybridized carbons (Fsp3) is 0.667. The molecule has 0 bridgehead atoms. The summed E-state index contributed by atoms with van der Waals surface area (Å²) in [4.78, 5) is 0. The van der Waals surface area contributed by atoms with Crippen LogP contribution in [0, 0.1) is 12.0 Å². The van der Waals surface area contributed by atoms with Gasteiger partial charge in [0.25, 0.3) is 0 Å². The topological polar surface area (TPSA) is 0 Å². The average molecular weight is 245 g/mol. The fourth-order valence-electron chi connectivity index (χ4n) is 2.64. The molecule has 1 radical (unpaired) electrons. The smallest absolute Gasteiger partial charge is 0.0130 e. The molecule has 0 heterocycles. The summed E-state index contributed by atoms with van der Waals surface area (Å²) in [7, 11) is 0. The molecule has 0 fully saturated rings. The zero-order valence-corrected chi connectivity index (χ0v) is 12.4. The van der Waals surface area contributed by atoms with Gasteiger partial charge in [-0.25, -0.2) is 0 Å². The van der Waals surface area contributed by atoms with Crippen LogP contribution in [-0.2, 0) is 0 Å². The van der Waals surface area contributed by atoms with E-state index in [0.717, 1.165) is 5.92 Å². The summed E-state index contributed by atoms with van der Waals surface area (Å²) in [6.07, 6.45) is 9.50. The van der Waals surface area contributed by atoms with Gasteiger partial charge in [-0.05, 0) is 29.9 Å².